The van der Waals surface area contributed by atoms with E-state index in [1.54, 1.807) is 12.1 Å². The van der Waals surface area contributed by atoms with Gasteiger partial charge < -0.3 is 14.6 Å². The summed E-state index contributed by atoms with van der Waals surface area (Å²) < 4.78 is 10.1. The molecule has 30 heavy (non-hydrogen) atoms. The van der Waals surface area contributed by atoms with Crippen LogP contribution < -0.4 is 19.7 Å². The highest BCUT2D eigenvalue weighted by Gasteiger charge is 2.36. The highest BCUT2D eigenvalue weighted by Crippen LogP contribution is 2.28. The third-order valence-corrected chi connectivity index (χ3v) is 4.35. The van der Waals surface area contributed by atoms with Crippen LogP contribution >= 0.6 is 11.6 Å². The van der Waals surface area contributed by atoms with Crippen molar-refractivity contribution in [2.24, 2.45) is 0 Å². The Morgan fingerprint density at radius 3 is 2.47 bits per heavy atom. The SMILES string of the molecule is COc1ccc(N2C(=O)NC(=O)/C(=C\c3ccc(OCC(=O)O)c(Cl)c3)C2=O)cc1. The number of barbiturate groups is 1. The van der Waals surface area contributed by atoms with Gasteiger partial charge in [-0.2, -0.15) is 0 Å². The van der Waals surface area contributed by atoms with Gasteiger partial charge in [0.15, 0.2) is 6.61 Å². The van der Waals surface area contributed by atoms with E-state index in [0.29, 0.717) is 11.3 Å². The molecule has 2 N–H and O–H groups in total. The van der Waals surface area contributed by atoms with Crippen molar-refractivity contribution in [2.75, 3.05) is 18.6 Å². The van der Waals surface area contributed by atoms with Crippen LogP contribution in [0, 0.1) is 0 Å². The summed E-state index contributed by atoms with van der Waals surface area (Å²) in [4.78, 5) is 48.7. The molecule has 0 aliphatic carbocycles. The first-order valence-corrected chi connectivity index (χ1v) is 8.87. The Hall–Kier alpha value is -3.85. The van der Waals surface area contributed by atoms with Crippen LogP contribution in [0.2, 0.25) is 5.02 Å². The van der Waals surface area contributed by atoms with E-state index in [1.807, 2.05) is 0 Å². The first-order chi connectivity index (χ1) is 14.3. The number of nitrogens with zero attached hydrogens (tertiary/aromatic N) is 1. The van der Waals surface area contributed by atoms with Crippen molar-refractivity contribution in [3.8, 4) is 11.5 Å². The standard InChI is InChI=1S/C20H15ClN2O7/c1-29-13-5-3-12(4-6-13)23-19(27)14(18(26)22-20(23)28)8-11-2-7-16(15(21)9-11)30-10-17(24)25/h2-9H,10H2,1H3,(H,24,25)(H,22,26,28)/b14-8+. The van der Waals surface area contributed by atoms with Crippen molar-refractivity contribution < 1.29 is 33.8 Å². The molecule has 1 heterocycles. The highest BCUT2D eigenvalue weighted by atomic mass is 35.5. The van der Waals surface area contributed by atoms with Gasteiger partial charge >= 0.3 is 12.0 Å². The van der Waals surface area contributed by atoms with E-state index in [9.17, 15) is 19.2 Å². The number of hydrogen-bond donors (Lipinski definition) is 2. The molecule has 1 aliphatic heterocycles. The number of anilines is 1. The molecule has 0 bridgehead atoms. The minimum absolute atomic E-state index is 0.0948. The Morgan fingerprint density at radius 2 is 1.87 bits per heavy atom. The molecule has 0 aromatic heterocycles. The van der Waals surface area contributed by atoms with Crippen LogP contribution in [0.4, 0.5) is 10.5 Å². The number of nitrogens with one attached hydrogen (secondary N) is 1. The average molecular weight is 431 g/mol. The van der Waals surface area contributed by atoms with Gasteiger partial charge in [0.1, 0.15) is 17.1 Å². The van der Waals surface area contributed by atoms with Crippen LogP contribution in [0.5, 0.6) is 11.5 Å². The lowest BCUT2D eigenvalue weighted by Crippen LogP contribution is -2.54. The second-order valence-corrected chi connectivity index (χ2v) is 6.44. The number of rotatable bonds is 6. The summed E-state index contributed by atoms with van der Waals surface area (Å²) in [6.07, 6.45) is 1.27. The topological polar surface area (TPSA) is 122 Å². The van der Waals surface area contributed by atoms with Crippen molar-refractivity contribution in [1.82, 2.24) is 5.32 Å². The van der Waals surface area contributed by atoms with Gasteiger partial charge in [0.05, 0.1) is 17.8 Å². The number of amides is 4. The van der Waals surface area contributed by atoms with Crippen molar-refractivity contribution >= 4 is 47.2 Å². The van der Waals surface area contributed by atoms with Gasteiger partial charge in [0, 0.05) is 0 Å². The van der Waals surface area contributed by atoms with E-state index < -0.39 is 30.4 Å². The molecule has 2 aromatic carbocycles. The number of carbonyl (C=O) groups is 4. The Kier molecular flexibility index (Phi) is 6.03. The lowest BCUT2D eigenvalue weighted by Gasteiger charge is -2.26. The predicted octanol–water partition coefficient (Wildman–Crippen LogP) is 2.48. The summed E-state index contributed by atoms with van der Waals surface area (Å²) >= 11 is 6.07. The predicted molar refractivity (Wildman–Crippen MR) is 107 cm³/mol. The molecule has 9 nitrogen and oxygen atoms in total. The maximum Gasteiger partial charge on any atom is 0.341 e. The number of methoxy groups -OCH3 is 1. The molecular weight excluding hydrogens is 416 g/mol. The maximum atomic E-state index is 12.9. The number of ether oxygens (including phenoxy) is 2. The number of halogens is 1. The zero-order valence-corrected chi connectivity index (χ0v) is 16.3. The summed E-state index contributed by atoms with van der Waals surface area (Å²) in [5, 5.41) is 10.9. The normalized spacial score (nSPS) is 15.2. The minimum atomic E-state index is -1.16. The molecule has 1 saturated heterocycles. The van der Waals surface area contributed by atoms with Crippen LogP contribution in [0.25, 0.3) is 6.08 Å². The first kappa shape index (κ1) is 20.9. The van der Waals surface area contributed by atoms with E-state index in [-0.39, 0.29) is 22.0 Å². The second-order valence-electron chi connectivity index (χ2n) is 6.03. The summed E-state index contributed by atoms with van der Waals surface area (Å²) in [6.45, 7) is -0.569. The molecule has 3 rings (SSSR count). The maximum absolute atomic E-state index is 12.9. The number of carboxylic acids is 1. The largest absolute Gasteiger partial charge is 0.497 e. The zero-order chi connectivity index (χ0) is 21.8. The molecule has 1 aliphatic rings. The molecule has 1 fully saturated rings. The van der Waals surface area contributed by atoms with Crippen LogP contribution in [-0.4, -0.2) is 42.6 Å². The number of carboxylic acid groups (broad SMARTS) is 1. The van der Waals surface area contributed by atoms with Gasteiger partial charge in [-0.3, -0.25) is 14.9 Å². The molecule has 10 heteroatoms. The molecule has 0 unspecified atom stereocenters. The van der Waals surface area contributed by atoms with E-state index in [0.717, 1.165) is 4.90 Å². The number of aliphatic carboxylic acids is 1. The minimum Gasteiger partial charge on any atom is -0.497 e. The van der Waals surface area contributed by atoms with E-state index in [2.05, 4.69) is 5.32 Å². The van der Waals surface area contributed by atoms with Crippen molar-refractivity contribution in [3.63, 3.8) is 0 Å². The Bertz CT molecular complexity index is 1060. The average Bonchev–Trinajstić information content (AvgIpc) is 2.70. The smallest absolute Gasteiger partial charge is 0.341 e. The Morgan fingerprint density at radius 1 is 1.17 bits per heavy atom. The molecule has 0 radical (unpaired) electrons. The van der Waals surface area contributed by atoms with Crippen LogP contribution in [0.3, 0.4) is 0 Å². The number of hydrogen-bond acceptors (Lipinski definition) is 6. The van der Waals surface area contributed by atoms with E-state index in [4.69, 9.17) is 26.2 Å². The number of imide groups is 2. The van der Waals surface area contributed by atoms with E-state index >= 15 is 0 Å². The van der Waals surface area contributed by atoms with Gasteiger partial charge in [-0.05, 0) is 48.0 Å². The lowest BCUT2D eigenvalue weighted by molar-refractivity contribution is -0.139. The third-order valence-electron chi connectivity index (χ3n) is 4.05. The fourth-order valence-corrected chi connectivity index (χ4v) is 2.90. The molecule has 0 atom stereocenters. The quantitative estimate of drug-likeness (QED) is 0.533. The summed E-state index contributed by atoms with van der Waals surface area (Å²) in [7, 11) is 1.48. The molecule has 0 saturated carbocycles. The van der Waals surface area contributed by atoms with Gasteiger partial charge in [0.2, 0.25) is 0 Å². The van der Waals surface area contributed by atoms with Crippen LogP contribution in [0.1, 0.15) is 5.56 Å². The van der Waals surface area contributed by atoms with Gasteiger partial charge in [-0.15, -0.1) is 0 Å². The van der Waals surface area contributed by atoms with Crippen molar-refractivity contribution in [3.05, 3.63) is 58.6 Å². The lowest BCUT2D eigenvalue weighted by atomic mass is 10.1. The summed E-state index contributed by atoms with van der Waals surface area (Å²) in [6, 6.07) is 9.60. The summed E-state index contributed by atoms with van der Waals surface area (Å²) in [5.41, 5.74) is 0.359. The fraction of sp³-hybridized carbons (Fsp3) is 0.100. The van der Waals surface area contributed by atoms with Crippen LogP contribution in [-0.2, 0) is 14.4 Å². The Labute approximate surface area is 175 Å². The summed E-state index contributed by atoms with van der Waals surface area (Å²) in [5.74, 6) is -2.15. The van der Waals surface area contributed by atoms with E-state index in [1.165, 1.54) is 43.5 Å². The molecule has 4 amide bonds. The number of benzene rings is 2. The van der Waals surface area contributed by atoms with Gasteiger partial charge in [-0.25, -0.2) is 14.5 Å². The zero-order valence-electron chi connectivity index (χ0n) is 15.5. The molecule has 2 aromatic rings. The first-order valence-electron chi connectivity index (χ1n) is 8.50. The van der Waals surface area contributed by atoms with Gasteiger partial charge in [-0.1, -0.05) is 17.7 Å². The number of urea groups is 1. The van der Waals surface area contributed by atoms with Crippen LogP contribution in [0.15, 0.2) is 48.0 Å². The monoisotopic (exact) mass is 430 g/mol. The van der Waals surface area contributed by atoms with Crippen molar-refractivity contribution in [2.45, 2.75) is 0 Å². The molecular formula is C20H15ClN2O7. The fourth-order valence-electron chi connectivity index (χ4n) is 2.65. The Balaban J connectivity index is 1.90. The van der Waals surface area contributed by atoms with Gasteiger partial charge in [0.25, 0.3) is 11.8 Å². The third kappa shape index (κ3) is 4.41. The molecule has 154 valence electrons. The molecule has 0 spiro atoms. The number of carbonyl (C=O) groups excluding carboxylic acids is 3. The second kappa shape index (κ2) is 8.66. The highest BCUT2D eigenvalue weighted by molar-refractivity contribution is 6.39. The van der Waals surface area contributed by atoms with Crippen molar-refractivity contribution in [1.29, 1.82) is 0 Å².